The van der Waals surface area contributed by atoms with Crippen LogP contribution in [0.4, 0.5) is 0 Å². The van der Waals surface area contributed by atoms with Crippen LogP contribution in [0.1, 0.15) is 26.2 Å². The summed E-state index contributed by atoms with van der Waals surface area (Å²) in [5, 5.41) is 0. The minimum absolute atomic E-state index is 0.0952. The van der Waals surface area contributed by atoms with Crippen LogP contribution in [0.2, 0.25) is 0 Å². The molecule has 0 N–H and O–H groups in total. The number of ether oxygens (including phenoxy) is 2. The number of carbonyl (C=O) groups is 1. The smallest absolute Gasteiger partial charge is 0.330 e. The van der Waals surface area contributed by atoms with Gasteiger partial charge < -0.3 is 9.47 Å². The van der Waals surface area contributed by atoms with Gasteiger partial charge in [-0.3, -0.25) is 0 Å². The summed E-state index contributed by atoms with van der Waals surface area (Å²) in [6, 6.07) is 0. The van der Waals surface area contributed by atoms with Gasteiger partial charge in [-0.2, -0.15) is 0 Å². The Morgan fingerprint density at radius 1 is 1.47 bits per heavy atom. The van der Waals surface area contributed by atoms with Crippen molar-refractivity contribution in [1.82, 2.24) is 0 Å². The first kappa shape index (κ1) is 12.0. The van der Waals surface area contributed by atoms with E-state index in [0.29, 0.717) is 6.61 Å². The molecule has 84 valence electrons. The van der Waals surface area contributed by atoms with Crippen LogP contribution in [0.25, 0.3) is 0 Å². The zero-order chi connectivity index (χ0) is 10.9. The fourth-order valence-corrected chi connectivity index (χ4v) is 1.41. The standard InChI is InChI=1S/C12H18O3/c1-2-3-4-8-12(13)15-10-11-7-5-6-9-14-11/h2-4,8,11H,5-7,9-10H2,1H3/b3-2+,8-4?. The van der Waals surface area contributed by atoms with Gasteiger partial charge >= 0.3 is 5.97 Å². The first-order chi connectivity index (χ1) is 7.33. The molecule has 0 aliphatic carbocycles. The van der Waals surface area contributed by atoms with E-state index in [9.17, 15) is 4.79 Å². The van der Waals surface area contributed by atoms with Crippen molar-refractivity contribution in [3.05, 3.63) is 24.3 Å². The van der Waals surface area contributed by atoms with E-state index in [0.717, 1.165) is 25.9 Å². The highest BCUT2D eigenvalue weighted by atomic mass is 16.6. The van der Waals surface area contributed by atoms with E-state index in [1.807, 2.05) is 13.0 Å². The maximum atomic E-state index is 11.2. The van der Waals surface area contributed by atoms with Gasteiger partial charge in [-0.15, -0.1) is 0 Å². The molecule has 1 aliphatic rings. The molecule has 1 atom stereocenters. The van der Waals surface area contributed by atoms with Crippen molar-refractivity contribution < 1.29 is 14.3 Å². The molecule has 0 aromatic heterocycles. The quantitative estimate of drug-likeness (QED) is 0.405. The van der Waals surface area contributed by atoms with Gasteiger partial charge in [0.05, 0.1) is 6.10 Å². The molecule has 0 aromatic rings. The van der Waals surface area contributed by atoms with Crippen LogP contribution in [0.5, 0.6) is 0 Å². The molecule has 1 fully saturated rings. The minimum Gasteiger partial charge on any atom is -0.460 e. The van der Waals surface area contributed by atoms with Gasteiger partial charge in [-0.05, 0) is 26.2 Å². The fourth-order valence-electron chi connectivity index (χ4n) is 1.41. The molecule has 1 saturated heterocycles. The Morgan fingerprint density at radius 2 is 2.33 bits per heavy atom. The zero-order valence-corrected chi connectivity index (χ0v) is 9.15. The van der Waals surface area contributed by atoms with Crippen molar-refractivity contribution in [2.75, 3.05) is 13.2 Å². The van der Waals surface area contributed by atoms with Gasteiger partial charge in [0.15, 0.2) is 0 Å². The van der Waals surface area contributed by atoms with Crippen LogP contribution < -0.4 is 0 Å². The molecule has 3 nitrogen and oxygen atoms in total. The number of rotatable bonds is 4. The Hall–Kier alpha value is -1.09. The van der Waals surface area contributed by atoms with Crippen molar-refractivity contribution >= 4 is 5.97 Å². The molecule has 0 spiro atoms. The predicted molar refractivity (Wildman–Crippen MR) is 58.5 cm³/mol. The molecule has 1 heterocycles. The van der Waals surface area contributed by atoms with Gasteiger partial charge in [0.25, 0.3) is 0 Å². The second-order valence-corrected chi connectivity index (χ2v) is 3.50. The first-order valence-corrected chi connectivity index (χ1v) is 5.40. The largest absolute Gasteiger partial charge is 0.460 e. The Labute approximate surface area is 90.8 Å². The predicted octanol–water partition coefficient (Wildman–Crippen LogP) is 2.23. The van der Waals surface area contributed by atoms with Gasteiger partial charge in [0.2, 0.25) is 0 Å². The Kier molecular flexibility index (Phi) is 5.78. The Bertz CT molecular complexity index is 237. The third-order valence-corrected chi connectivity index (χ3v) is 2.22. The molecular formula is C12H18O3. The first-order valence-electron chi connectivity index (χ1n) is 5.40. The van der Waals surface area contributed by atoms with Crippen LogP contribution in [0.3, 0.4) is 0 Å². The molecular weight excluding hydrogens is 192 g/mol. The van der Waals surface area contributed by atoms with Crippen LogP contribution in [0, 0.1) is 0 Å². The van der Waals surface area contributed by atoms with Gasteiger partial charge in [-0.25, -0.2) is 4.79 Å². The lowest BCUT2D eigenvalue weighted by molar-refractivity contribution is -0.143. The SMILES string of the molecule is C/C=C/C=CC(=O)OCC1CCCCO1. The number of allylic oxidation sites excluding steroid dienone is 3. The lowest BCUT2D eigenvalue weighted by Gasteiger charge is -2.21. The number of esters is 1. The van der Waals surface area contributed by atoms with Crippen LogP contribution in [-0.2, 0) is 14.3 Å². The number of hydrogen-bond acceptors (Lipinski definition) is 3. The maximum Gasteiger partial charge on any atom is 0.330 e. The zero-order valence-electron chi connectivity index (χ0n) is 9.15. The van der Waals surface area contributed by atoms with Crippen molar-refractivity contribution in [3.63, 3.8) is 0 Å². The lowest BCUT2D eigenvalue weighted by Crippen LogP contribution is -2.25. The second kappa shape index (κ2) is 7.23. The number of hydrogen-bond donors (Lipinski definition) is 0. The molecule has 0 bridgehead atoms. The molecule has 0 saturated carbocycles. The molecule has 15 heavy (non-hydrogen) atoms. The molecule has 1 unspecified atom stereocenters. The minimum atomic E-state index is -0.303. The summed E-state index contributed by atoms with van der Waals surface area (Å²) in [6.45, 7) is 3.06. The summed E-state index contributed by atoms with van der Waals surface area (Å²) in [7, 11) is 0. The van der Waals surface area contributed by atoms with Crippen molar-refractivity contribution in [3.8, 4) is 0 Å². The molecule has 1 rings (SSSR count). The summed E-state index contributed by atoms with van der Waals surface area (Å²) in [5.41, 5.74) is 0. The summed E-state index contributed by atoms with van der Waals surface area (Å²) in [5.74, 6) is -0.303. The van der Waals surface area contributed by atoms with Crippen LogP contribution in [-0.4, -0.2) is 25.3 Å². The van der Waals surface area contributed by atoms with E-state index in [2.05, 4.69) is 0 Å². The van der Waals surface area contributed by atoms with Crippen molar-refractivity contribution in [2.24, 2.45) is 0 Å². The summed E-state index contributed by atoms with van der Waals surface area (Å²) in [6.07, 6.45) is 10.1. The van der Waals surface area contributed by atoms with Gasteiger partial charge in [0.1, 0.15) is 6.61 Å². The molecule has 0 aromatic carbocycles. The van der Waals surface area contributed by atoms with Crippen molar-refractivity contribution in [2.45, 2.75) is 32.3 Å². The summed E-state index contributed by atoms with van der Waals surface area (Å²) >= 11 is 0. The van der Waals surface area contributed by atoms with E-state index in [1.165, 1.54) is 6.08 Å². The molecule has 1 aliphatic heterocycles. The summed E-state index contributed by atoms with van der Waals surface area (Å²) in [4.78, 5) is 11.2. The number of carbonyl (C=O) groups excluding carboxylic acids is 1. The third-order valence-electron chi connectivity index (χ3n) is 2.22. The summed E-state index contributed by atoms with van der Waals surface area (Å²) < 4.78 is 10.5. The van der Waals surface area contributed by atoms with Crippen molar-refractivity contribution in [1.29, 1.82) is 0 Å². The third kappa shape index (κ3) is 5.37. The van der Waals surface area contributed by atoms with E-state index >= 15 is 0 Å². The fraction of sp³-hybridized carbons (Fsp3) is 0.583. The Morgan fingerprint density at radius 3 is 3.00 bits per heavy atom. The average Bonchev–Trinajstić information content (AvgIpc) is 2.28. The van der Waals surface area contributed by atoms with E-state index in [4.69, 9.17) is 9.47 Å². The highest BCUT2D eigenvalue weighted by Crippen LogP contribution is 2.12. The topological polar surface area (TPSA) is 35.5 Å². The van der Waals surface area contributed by atoms with Gasteiger partial charge in [-0.1, -0.05) is 18.2 Å². The van der Waals surface area contributed by atoms with Crippen LogP contribution >= 0.6 is 0 Å². The second-order valence-electron chi connectivity index (χ2n) is 3.50. The Balaban J connectivity index is 2.15. The lowest BCUT2D eigenvalue weighted by atomic mass is 10.1. The normalized spacial score (nSPS) is 22.3. The highest BCUT2D eigenvalue weighted by molar-refractivity contribution is 5.82. The average molecular weight is 210 g/mol. The van der Waals surface area contributed by atoms with Crippen LogP contribution in [0.15, 0.2) is 24.3 Å². The maximum absolute atomic E-state index is 11.2. The van der Waals surface area contributed by atoms with Gasteiger partial charge in [0, 0.05) is 12.7 Å². The van der Waals surface area contributed by atoms with E-state index in [-0.39, 0.29) is 12.1 Å². The molecule has 3 heteroatoms. The monoisotopic (exact) mass is 210 g/mol. The highest BCUT2D eigenvalue weighted by Gasteiger charge is 2.14. The molecule has 0 radical (unpaired) electrons. The van der Waals surface area contributed by atoms with E-state index < -0.39 is 0 Å². The van der Waals surface area contributed by atoms with E-state index in [1.54, 1.807) is 12.2 Å². The molecule has 0 amide bonds.